The molecule has 1 aliphatic carbocycles. The molecule has 0 spiro atoms. The number of amides is 1. The first-order valence-corrected chi connectivity index (χ1v) is 8.27. The SMILES string of the molecule is Cc1ccc(-c2cc(C(=O)N3CCO[C@H]4CCC[C@H]43)[nH]n2)cc1. The molecule has 0 bridgehead atoms. The van der Waals surface area contributed by atoms with Gasteiger partial charge in [0.2, 0.25) is 0 Å². The summed E-state index contributed by atoms with van der Waals surface area (Å²) in [5.41, 5.74) is 3.60. The third-order valence-electron chi connectivity index (χ3n) is 4.90. The first kappa shape index (κ1) is 14.5. The van der Waals surface area contributed by atoms with Crippen LogP contribution >= 0.6 is 0 Å². The maximum Gasteiger partial charge on any atom is 0.272 e. The minimum absolute atomic E-state index is 0.0380. The number of hydrogen-bond donors (Lipinski definition) is 1. The van der Waals surface area contributed by atoms with Gasteiger partial charge >= 0.3 is 0 Å². The fourth-order valence-corrected chi connectivity index (χ4v) is 3.64. The molecular formula is C18H21N3O2. The van der Waals surface area contributed by atoms with E-state index in [1.54, 1.807) is 0 Å². The molecule has 4 rings (SSSR count). The van der Waals surface area contributed by atoms with Gasteiger partial charge in [-0.1, -0.05) is 29.8 Å². The van der Waals surface area contributed by atoms with Crippen LogP contribution in [0.1, 0.15) is 35.3 Å². The second kappa shape index (κ2) is 5.81. The highest BCUT2D eigenvalue weighted by Gasteiger charge is 2.39. The number of benzene rings is 1. The van der Waals surface area contributed by atoms with Gasteiger partial charge in [-0.15, -0.1) is 0 Å². The molecule has 1 aliphatic heterocycles. The largest absolute Gasteiger partial charge is 0.374 e. The van der Waals surface area contributed by atoms with E-state index in [1.165, 1.54) is 5.56 Å². The maximum absolute atomic E-state index is 12.8. The van der Waals surface area contributed by atoms with Gasteiger partial charge in [0.1, 0.15) is 5.69 Å². The van der Waals surface area contributed by atoms with E-state index < -0.39 is 0 Å². The van der Waals surface area contributed by atoms with Crippen molar-refractivity contribution in [2.75, 3.05) is 13.2 Å². The van der Waals surface area contributed by atoms with Crippen LogP contribution < -0.4 is 0 Å². The Bertz CT molecular complexity index is 707. The Morgan fingerprint density at radius 3 is 2.96 bits per heavy atom. The molecule has 2 atom stereocenters. The summed E-state index contributed by atoms with van der Waals surface area (Å²) in [6.07, 6.45) is 3.45. The number of hydrogen-bond acceptors (Lipinski definition) is 3. The van der Waals surface area contributed by atoms with Crippen molar-refractivity contribution in [1.82, 2.24) is 15.1 Å². The second-order valence-corrected chi connectivity index (χ2v) is 6.44. The second-order valence-electron chi connectivity index (χ2n) is 6.44. The molecule has 5 nitrogen and oxygen atoms in total. The lowest BCUT2D eigenvalue weighted by Crippen LogP contribution is -2.51. The number of aromatic amines is 1. The molecule has 1 amide bonds. The maximum atomic E-state index is 12.8. The average molecular weight is 311 g/mol. The molecule has 1 aromatic heterocycles. The molecule has 2 aliphatic rings. The van der Waals surface area contributed by atoms with Gasteiger partial charge in [0.25, 0.3) is 5.91 Å². The first-order chi connectivity index (χ1) is 11.2. The van der Waals surface area contributed by atoms with Gasteiger partial charge in [-0.05, 0) is 32.3 Å². The standard InChI is InChI=1S/C18H21N3O2/c1-12-5-7-13(8-6-12)14-11-15(20-19-14)18(22)21-9-10-23-17-4-2-3-16(17)21/h5-8,11,16-17H,2-4,9-10H2,1H3,(H,19,20)/t16-,17+/m1/s1. The third-order valence-corrected chi connectivity index (χ3v) is 4.90. The smallest absolute Gasteiger partial charge is 0.272 e. The van der Waals surface area contributed by atoms with Crippen molar-refractivity contribution in [3.05, 3.63) is 41.6 Å². The number of aryl methyl sites for hydroxylation is 1. The van der Waals surface area contributed by atoms with Crippen LogP contribution in [0.3, 0.4) is 0 Å². The topological polar surface area (TPSA) is 58.2 Å². The molecule has 2 heterocycles. The predicted octanol–water partition coefficient (Wildman–Crippen LogP) is 2.78. The van der Waals surface area contributed by atoms with Crippen molar-refractivity contribution < 1.29 is 9.53 Å². The number of fused-ring (bicyclic) bond motifs is 1. The van der Waals surface area contributed by atoms with Gasteiger partial charge in [0, 0.05) is 12.1 Å². The molecule has 1 N–H and O–H groups in total. The molecule has 2 fully saturated rings. The normalized spacial score (nSPS) is 23.8. The summed E-state index contributed by atoms with van der Waals surface area (Å²) in [7, 11) is 0. The third kappa shape index (κ3) is 2.65. The van der Waals surface area contributed by atoms with E-state index in [-0.39, 0.29) is 18.1 Å². The lowest BCUT2D eigenvalue weighted by atomic mass is 10.1. The number of nitrogens with zero attached hydrogens (tertiary/aromatic N) is 2. The van der Waals surface area contributed by atoms with Crippen LogP contribution in [-0.4, -0.2) is 46.3 Å². The molecule has 1 saturated heterocycles. The zero-order chi connectivity index (χ0) is 15.8. The number of carbonyl (C=O) groups is 1. The van der Waals surface area contributed by atoms with Crippen molar-refractivity contribution in [2.45, 2.75) is 38.3 Å². The summed E-state index contributed by atoms with van der Waals surface area (Å²) in [5.74, 6) is 0.0380. The van der Waals surface area contributed by atoms with Gasteiger partial charge in [0.15, 0.2) is 0 Å². The van der Waals surface area contributed by atoms with Crippen molar-refractivity contribution in [2.24, 2.45) is 0 Å². The van der Waals surface area contributed by atoms with Gasteiger partial charge < -0.3 is 9.64 Å². The zero-order valence-electron chi connectivity index (χ0n) is 13.3. The van der Waals surface area contributed by atoms with Crippen LogP contribution in [-0.2, 0) is 4.74 Å². The highest BCUT2D eigenvalue weighted by Crippen LogP contribution is 2.30. The van der Waals surface area contributed by atoms with E-state index in [0.717, 1.165) is 30.5 Å². The summed E-state index contributed by atoms with van der Waals surface area (Å²) >= 11 is 0. The molecular weight excluding hydrogens is 290 g/mol. The number of morpholine rings is 1. The Morgan fingerprint density at radius 1 is 1.30 bits per heavy atom. The van der Waals surface area contributed by atoms with Crippen LogP contribution in [0.4, 0.5) is 0 Å². The summed E-state index contributed by atoms with van der Waals surface area (Å²) in [4.78, 5) is 14.8. The Kier molecular flexibility index (Phi) is 3.65. The van der Waals surface area contributed by atoms with E-state index >= 15 is 0 Å². The van der Waals surface area contributed by atoms with Crippen molar-refractivity contribution in [3.8, 4) is 11.3 Å². The monoisotopic (exact) mass is 311 g/mol. The summed E-state index contributed by atoms with van der Waals surface area (Å²) in [5, 5.41) is 7.23. The lowest BCUT2D eigenvalue weighted by molar-refractivity contribution is -0.0447. The molecule has 1 aromatic carbocycles. The van der Waals surface area contributed by atoms with Crippen LogP contribution in [0.15, 0.2) is 30.3 Å². The molecule has 23 heavy (non-hydrogen) atoms. The lowest BCUT2D eigenvalue weighted by Gasteiger charge is -2.37. The average Bonchev–Trinajstić information content (AvgIpc) is 3.23. The molecule has 2 aromatic rings. The number of nitrogens with one attached hydrogen (secondary N) is 1. The molecule has 0 unspecified atom stereocenters. The first-order valence-electron chi connectivity index (χ1n) is 8.27. The van der Waals surface area contributed by atoms with E-state index in [2.05, 4.69) is 29.3 Å². The van der Waals surface area contributed by atoms with E-state index in [9.17, 15) is 4.79 Å². The number of ether oxygens (including phenoxy) is 1. The van der Waals surface area contributed by atoms with Crippen LogP contribution in [0.25, 0.3) is 11.3 Å². The van der Waals surface area contributed by atoms with E-state index in [0.29, 0.717) is 18.8 Å². The van der Waals surface area contributed by atoms with Gasteiger partial charge in [-0.25, -0.2) is 0 Å². The quantitative estimate of drug-likeness (QED) is 0.928. The number of aromatic nitrogens is 2. The van der Waals surface area contributed by atoms with Crippen molar-refractivity contribution in [3.63, 3.8) is 0 Å². The highest BCUT2D eigenvalue weighted by molar-refractivity contribution is 5.93. The summed E-state index contributed by atoms with van der Waals surface area (Å²) in [6.45, 7) is 3.35. The van der Waals surface area contributed by atoms with Crippen molar-refractivity contribution >= 4 is 5.91 Å². The highest BCUT2D eigenvalue weighted by atomic mass is 16.5. The minimum atomic E-state index is 0.0380. The Morgan fingerprint density at radius 2 is 2.13 bits per heavy atom. The van der Waals surface area contributed by atoms with E-state index in [1.807, 2.05) is 23.1 Å². The predicted molar refractivity (Wildman–Crippen MR) is 87.2 cm³/mol. The fourth-order valence-electron chi connectivity index (χ4n) is 3.64. The van der Waals surface area contributed by atoms with Gasteiger partial charge in [0.05, 0.1) is 24.4 Å². The van der Waals surface area contributed by atoms with Gasteiger partial charge in [-0.2, -0.15) is 5.10 Å². The van der Waals surface area contributed by atoms with Crippen molar-refractivity contribution in [1.29, 1.82) is 0 Å². The Labute approximate surface area is 135 Å². The summed E-state index contributed by atoms with van der Waals surface area (Å²) in [6, 6.07) is 10.2. The number of rotatable bonds is 2. The molecule has 1 saturated carbocycles. The summed E-state index contributed by atoms with van der Waals surface area (Å²) < 4.78 is 5.78. The molecule has 5 heteroatoms. The van der Waals surface area contributed by atoms with Crippen LogP contribution in [0, 0.1) is 6.92 Å². The van der Waals surface area contributed by atoms with Crippen LogP contribution in [0.5, 0.6) is 0 Å². The van der Waals surface area contributed by atoms with Gasteiger partial charge in [-0.3, -0.25) is 9.89 Å². The zero-order valence-corrected chi connectivity index (χ0v) is 13.3. The molecule has 120 valence electrons. The fraction of sp³-hybridized carbons (Fsp3) is 0.444. The minimum Gasteiger partial charge on any atom is -0.374 e. The van der Waals surface area contributed by atoms with Crippen LogP contribution in [0.2, 0.25) is 0 Å². The number of carbonyl (C=O) groups excluding carboxylic acids is 1. The molecule has 0 radical (unpaired) electrons. The Hall–Kier alpha value is -2.14. The van der Waals surface area contributed by atoms with E-state index in [4.69, 9.17) is 4.74 Å². The number of H-pyrrole nitrogens is 1. The Balaban J connectivity index is 1.56.